The number of nitrogens with zero attached hydrogens (tertiary/aromatic N) is 3. The van der Waals surface area contributed by atoms with Gasteiger partial charge < -0.3 is 5.11 Å². The number of carbonyl (C=O) groups excluding carboxylic acids is 2. The number of halogens is 2. The van der Waals surface area contributed by atoms with E-state index >= 15 is 0 Å². The molecule has 1 aliphatic rings. The fourth-order valence-electron chi connectivity index (χ4n) is 3.59. The van der Waals surface area contributed by atoms with Gasteiger partial charge in [0.25, 0.3) is 5.78 Å². The van der Waals surface area contributed by atoms with E-state index in [2.05, 4.69) is 10.2 Å². The maximum atomic E-state index is 13.2. The van der Waals surface area contributed by atoms with Gasteiger partial charge in [0.1, 0.15) is 11.8 Å². The van der Waals surface area contributed by atoms with Gasteiger partial charge in [-0.1, -0.05) is 64.5 Å². The number of hydrogen-bond donors (Lipinski definition) is 1. The van der Waals surface area contributed by atoms with Crippen LogP contribution in [0.4, 0.5) is 5.13 Å². The van der Waals surface area contributed by atoms with Crippen LogP contribution in [-0.2, 0) is 15.3 Å². The predicted octanol–water partition coefficient (Wildman–Crippen LogP) is 6.83. The van der Waals surface area contributed by atoms with E-state index in [4.69, 9.17) is 23.2 Å². The van der Waals surface area contributed by atoms with Gasteiger partial charge in [-0.25, -0.2) is 0 Å². The molecule has 1 amide bonds. The molecular formula is C24H15Cl2N3O3S3. The highest BCUT2D eigenvalue weighted by molar-refractivity contribution is 8.00. The predicted molar refractivity (Wildman–Crippen MR) is 141 cm³/mol. The van der Waals surface area contributed by atoms with Crippen molar-refractivity contribution in [1.82, 2.24) is 10.2 Å². The summed E-state index contributed by atoms with van der Waals surface area (Å²) in [5, 5.41) is 22.8. The molecule has 1 atom stereocenters. The average molecular weight is 561 g/mol. The third kappa shape index (κ3) is 4.87. The molecule has 6 nitrogen and oxygen atoms in total. The van der Waals surface area contributed by atoms with Crippen molar-refractivity contribution >= 4 is 80.2 Å². The number of aromatic nitrogens is 2. The van der Waals surface area contributed by atoms with Gasteiger partial charge in [-0.2, -0.15) is 0 Å². The number of hydrogen-bond acceptors (Lipinski definition) is 8. The Bertz CT molecular complexity index is 1420. The first-order valence-electron chi connectivity index (χ1n) is 10.2. The molecule has 0 spiro atoms. The Balaban J connectivity index is 1.49. The second-order valence-corrected chi connectivity index (χ2v) is 11.5. The van der Waals surface area contributed by atoms with Crippen molar-refractivity contribution < 1.29 is 14.7 Å². The lowest BCUT2D eigenvalue weighted by Gasteiger charge is -2.20. The molecule has 176 valence electrons. The number of thioether (sulfide) groups is 1. The number of carbonyl (C=O) groups is 2. The van der Waals surface area contributed by atoms with Crippen LogP contribution in [0.1, 0.15) is 22.0 Å². The van der Waals surface area contributed by atoms with Crippen LogP contribution in [-0.4, -0.2) is 27.0 Å². The van der Waals surface area contributed by atoms with E-state index in [0.29, 0.717) is 30.8 Å². The highest BCUT2D eigenvalue weighted by Crippen LogP contribution is 2.45. The fraction of sp³-hybridized carbons (Fsp3) is 0.0833. The number of anilines is 1. The molecule has 0 saturated carbocycles. The van der Waals surface area contributed by atoms with Gasteiger partial charge in [0, 0.05) is 26.2 Å². The summed E-state index contributed by atoms with van der Waals surface area (Å²) in [5.41, 5.74) is 1.47. The molecule has 1 aliphatic heterocycles. The number of aliphatic hydroxyl groups excluding tert-OH is 1. The Morgan fingerprint density at radius 3 is 2.34 bits per heavy atom. The number of aliphatic hydroxyl groups is 1. The summed E-state index contributed by atoms with van der Waals surface area (Å²) in [6, 6.07) is 16.8. The second kappa shape index (κ2) is 10.1. The number of rotatable bonds is 6. The van der Waals surface area contributed by atoms with Crippen LogP contribution in [0.2, 0.25) is 10.0 Å². The minimum Gasteiger partial charge on any atom is -0.507 e. The van der Waals surface area contributed by atoms with Crippen LogP contribution < -0.4 is 4.90 Å². The highest BCUT2D eigenvalue weighted by Gasteiger charge is 2.48. The zero-order valence-corrected chi connectivity index (χ0v) is 21.7. The molecule has 0 aliphatic carbocycles. The Kier molecular flexibility index (Phi) is 6.95. The van der Waals surface area contributed by atoms with Gasteiger partial charge in [0.2, 0.25) is 5.13 Å². The number of benzene rings is 2. The average Bonchev–Trinajstić information content (AvgIpc) is 3.60. The largest absolute Gasteiger partial charge is 0.507 e. The molecule has 4 aromatic rings. The quantitative estimate of drug-likeness (QED) is 0.0916. The van der Waals surface area contributed by atoms with Crippen molar-refractivity contribution in [2.45, 2.75) is 16.1 Å². The summed E-state index contributed by atoms with van der Waals surface area (Å²) in [6.45, 7) is 0. The van der Waals surface area contributed by atoms with Crippen LogP contribution in [0.15, 0.2) is 76.0 Å². The molecule has 1 unspecified atom stereocenters. The maximum Gasteiger partial charge on any atom is 0.301 e. The van der Waals surface area contributed by atoms with Crippen molar-refractivity contribution in [3.05, 3.63) is 97.7 Å². The van der Waals surface area contributed by atoms with E-state index < -0.39 is 17.7 Å². The SMILES string of the molecule is O=C1C(=O)N(c2nnc(SCc3ccc(Cl)cc3)s2)C(c2cccs2)/C1=C(/O)c1ccc(Cl)cc1. The summed E-state index contributed by atoms with van der Waals surface area (Å²) in [5.74, 6) is -1.15. The molecule has 2 aromatic carbocycles. The van der Waals surface area contributed by atoms with E-state index in [9.17, 15) is 14.7 Å². The van der Waals surface area contributed by atoms with Crippen molar-refractivity contribution in [2.75, 3.05) is 4.90 Å². The van der Waals surface area contributed by atoms with Gasteiger partial charge in [-0.15, -0.1) is 21.5 Å². The first-order chi connectivity index (χ1) is 16.9. The summed E-state index contributed by atoms with van der Waals surface area (Å²) < 4.78 is 0.652. The molecule has 1 fully saturated rings. The molecule has 35 heavy (non-hydrogen) atoms. The molecule has 5 rings (SSSR count). The molecule has 0 radical (unpaired) electrons. The molecule has 1 saturated heterocycles. The minimum absolute atomic E-state index is 0.00494. The van der Waals surface area contributed by atoms with Crippen LogP contribution in [0.5, 0.6) is 0 Å². The first kappa shape index (κ1) is 24.0. The standard InChI is InChI=1S/C24H15Cl2N3O3S3/c25-15-7-3-13(4-8-15)12-34-24-28-27-23(35-24)29-19(17-2-1-11-33-17)18(21(31)22(29)32)20(30)14-5-9-16(26)10-6-14/h1-11,19,30H,12H2/b20-18-. The maximum absolute atomic E-state index is 13.2. The minimum atomic E-state index is -0.812. The van der Waals surface area contributed by atoms with E-state index in [1.807, 2.05) is 41.8 Å². The van der Waals surface area contributed by atoms with Crippen molar-refractivity contribution in [3.8, 4) is 0 Å². The third-order valence-electron chi connectivity index (χ3n) is 5.25. The number of amides is 1. The lowest BCUT2D eigenvalue weighted by atomic mass is 10.00. The summed E-state index contributed by atoms with van der Waals surface area (Å²) >= 11 is 16.0. The Morgan fingerprint density at radius 2 is 1.69 bits per heavy atom. The van der Waals surface area contributed by atoms with Crippen molar-refractivity contribution in [1.29, 1.82) is 0 Å². The van der Waals surface area contributed by atoms with Crippen LogP contribution in [0, 0.1) is 0 Å². The van der Waals surface area contributed by atoms with Gasteiger partial charge in [-0.05, 0) is 53.4 Å². The normalized spacial score (nSPS) is 17.3. The zero-order valence-electron chi connectivity index (χ0n) is 17.7. The topological polar surface area (TPSA) is 83.4 Å². The lowest BCUT2D eigenvalue weighted by molar-refractivity contribution is -0.132. The summed E-state index contributed by atoms with van der Waals surface area (Å²) in [7, 11) is 0. The monoisotopic (exact) mass is 559 g/mol. The fourth-order valence-corrected chi connectivity index (χ4v) is 6.49. The summed E-state index contributed by atoms with van der Waals surface area (Å²) in [6.07, 6.45) is 0. The van der Waals surface area contributed by atoms with Gasteiger partial charge in [-0.3, -0.25) is 14.5 Å². The van der Waals surface area contributed by atoms with E-state index in [1.54, 1.807) is 24.3 Å². The molecule has 0 bridgehead atoms. The van der Waals surface area contributed by atoms with Crippen molar-refractivity contribution in [2.24, 2.45) is 0 Å². The van der Waals surface area contributed by atoms with Gasteiger partial charge >= 0.3 is 5.91 Å². The second-order valence-electron chi connectivity index (χ2n) is 7.46. The summed E-state index contributed by atoms with van der Waals surface area (Å²) in [4.78, 5) is 28.3. The first-order valence-corrected chi connectivity index (χ1v) is 13.7. The highest BCUT2D eigenvalue weighted by atomic mass is 35.5. The molecule has 1 N–H and O–H groups in total. The molecule has 3 heterocycles. The lowest BCUT2D eigenvalue weighted by Crippen LogP contribution is -2.29. The van der Waals surface area contributed by atoms with E-state index in [0.717, 1.165) is 10.4 Å². The smallest absolute Gasteiger partial charge is 0.301 e. The Hall–Kier alpha value is -2.69. The molecular weight excluding hydrogens is 545 g/mol. The molecule has 11 heteroatoms. The van der Waals surface area contributed by atoms with Crippen LogP contribution >= 0.6 is 57.6 Å². The molecule has 2 aromatic heterocycles. The van der Waals surface area contributed by atoms with Gasteiger partial charge in [0.05, 0.1) is 5.57 Å². The number of thiophene rings is 1. The number of ketones is 1. The van der Waals surface area contributed by atoms with E-state index in [-0.39, 0.29) is 11.3 Å². The Morgan fingerprint density at radius 1 is 1.00 bits per heavy atom. The van der Waals surface area contributed by atoms with Crippen LogP contribution in [0.25, 0.3) is 5.76 Å². The number of Topliss-reactive ketones (excluding diaryl/α,β-unsaturated/α-hetero) is 1. The Labute approximate surface area is 222 Å². The van der Waals surface area contributed by atoms with E-state index in [1.165, 1.54) is 39.3 Å². The van der Waals surface area contributed by atoms with Crippen LogP contribution in [0.3, 0.4) is 0 Å². The van der Waals surface area contributed by atoms with Gasteiger partial charge in [0.15, 0.2) is 4.34 Å². The zero-order chi connectivity index (χ0) is 24.5. The third-order valence-corrected chi connectivity index (χ3v) is 8.81. The van der Waals surface area contributed by atoms with Crippen molar-refractivity contribution in [3.63, 3.8) is 0 Å².